The van der Waals surface area contributed by atoms with E-state index in [1.54, 1.807) is 10.9 Å². The van der Waals surface area contributed by atoms with Gasteiger partial charge in [-0.2, -0.15) is 5.10 Å². The van der Waals surface area contributed by atoms with Gasteiger partial charge in [0.1, 0.15) is 5.82 Å². The van der Waals surface area contributed by atoms with Crippen LogP contribution < -0.4 is 5.32 Å². The van der Waals surface area contributed by atoms with E-state index < -0.39 is 0 Å². The third-order valence-electron chi connectivity index (χ3n) is 2.92. The van der Waals surface area contributed by atoms with Crippen LogP contribution in [0.1, 0.15) is 31.7 Å². The van der Waals surface area contributed by atoms with Crippen LogP contribution in [0.2, 0.25) is 0 Å². The summed E-state index contributed by atoms with van der Waals surface area (Å²) in [5.41, 5.74) is 1.16. The zero-order valence-electron chi connectivity index (χ0n) is 11.2. The molecule has 0 aliphatic heterocycles. The SMILES string of the molecule is CCCCC(=O)Nc1ccnn1Cc1ccccc1. The van der Waals surface area contributed by atoms with Crippen molar-refractivity contribution < 1.29 is 4.79 Å². The van der Waals surface area contributed by atoms with Gasteiger partial charge in [-0.1, -0.05) is 43.7 Å². The third-order valence-corrected chi connectivity index (χ3v) is 2.92. The Kier molecular flexibility index (Phi) is 4.72. The normalized spacial score (nSPS) is 10.4. The van der Waals surface area contributed by atoms with Crippen molar-refractivity contribution in [3.8, 4) is 0 Å². The number of hydrogen-bond acceptors (Lipinski definition) is 2. The molecule has 2 rings (SSSR count). The molecular weight excluding hydrogens is 238 g/mol. The van der Waals surface area contributed by atoms with Crippen molar-refractivity contribution in [2.75, 3.05) is 5.32 Å². The maximum Gasteiger partial charge on any atom is 0.225 e. The number of rotatable bonds is 6. The van der Waals surface area contributed by atoms with Gasteiger partial charge in [-0.15, -0.1) is 0 Å². The van der Waals surface area contributed by atoms with Gasteiger partial charge in [-0.25, -0.2) is 4.68 Å². The van der Waals surface area contributed by atoms with Crippen LogP contribution in [0.4, 0.5) is 5.82 Å². The fourth-order valence-electron chi connectivity index (χ4n) is 1.86. The summed E-state index contributed by atoms with van der Waals surface area (Å²) in [6, 6.07) is 11.9. The number of anilines is 1. The average Bonchev–Trinajstić information content (AvgIpc) is 2.85. The van der Waals surface area contributed by atoms with Crippen LogP contribution in [0.25, 0.3) is 0 Å². The monoisotopic (exact) mass is 257 g/mol. The van der Waals surface area contributed by atoms with Gasteiger partial charge >= 0.3 is 0 Å². The highest BCUT2D eigenvalue weighted by Crippen LogP contribution is 2.11. The van der Waals surface area contributed by atoms with Crippen LogP contribution in [0, 0.1) is 0 Å². The minimum atomic E-state index is 0.0525. The number of hydrogen-bond donors (Lipinski definition) is 1. The second-order valence-electron chi connectivity index (χ2n) is 4.51. The first-order valence-electron chi connectivity index (χ1n) is 6.65. The Labute approximate surface area is 113 Å². The number of unbranched alkanes of at least 4 members (excludes halogenated alkanes) is 1. The predicted molar refractivity (Wildman–Crippen MR) is 75.9 cm³/mol. The summed E-state index contributed by atoms with van der Waals surface area (Å²) < 4.78 is 1.80. The first kappa shape index (κ1) is 13.3. The standard InChI is InChI=1S/C15H19N3O/c1-2-3-9-15(19)17-14-10-11-16-18(14)12-13-7-5-4-6-8-13/h4-8,10-11H,2-3,9,12H2,1H3,(H,17,19). The van der Waals surface area contributed by atoms with Crippen molar-refractivity contribution in [1.29, 1.82) is 0 Å². The van der Waals surface area contributed by atoms with Crippen LogP contribution in [0.15, 0.2) is 42.6 Å². The summed E-state index contributed by atoms with van der Waals surface area (Å²) in [7, 11) is 0. The molecule has 1 aromatic heterocycles. The van der Waals surface area contributed by atoms with E-state index in [0.29, 0.717) is 13.0 Å². The van der Waals surface area contributed by atoms with E-state index in [0.717, 1.165) is 24.2 Å². The average molecular weight is 257 g/mol. The second kappa shape index (κ2) is 6.73. The predicted octanol–water partition coefficient (Wildman–Crippen LogP) is 3.06. The summed E-state index contributed by atoms with van der Waals surface area (Å²) in [6.07, 6.45) is 4.21. The molecule has 1 amide bonds. The molecular formula is C15H19N3O. The molecule has 0 saturated heterocycles. The summed E-state index contributed by atoms with van der Waals surface area (Å²) in [6.45, 7) is 2.74. The molecule has 0 radical (unpaired) electrons. The molecule has 0 saturated carbocycles. The first-order chi connectivity index (χ1) is 9.29. The third kappa shape index (κ3) is 3.95. The molecule has 0 aliphatic rings. The minimum absolute atomic E-state index is 0.0525. The van der Waals surface area contributed by atoms with Crippen molar-refractivity contribution in [3.63, 3.8) is 0 Å². The van der Waals surface area contributed by atoms with Gasteiger partial charge in [0.15, 0.2) is 0 Å². The van der Waals surface area contributed by atoms with Gasteiger partial charge < -0.3 is 5.32 Å². The Morgan fingerprint density at radius 3 is 2.79 bits per heavy atom. The van der Waals surface area contributed by atoms with E-state index in [1.807, 2.05) is 36.4 Å². The molecule has 1 N–H and O–H groups in total. The lowest BCUT2D eigenvalue weighted by Gasteiger charge is -2.09. The van der Waals surface area contributed by atoms with E-state index in [2.05, 4.69) is 17.3 Å². The molecule has 100 valence electrons. The van der Waals surface area contributed by atoms with Gasteiger partial charge in [0.25, 0.3) is 0 Å². The van der Waals surface area contributed by atoms with Gasteiger partial charge in [-0.05, 0) is 12.0 Å². The van der Waals surface area contributed by atoms with E-state index >= 15 is 0 Å². The maximum atomic E-state index is 11.7. The Bertz CT molecular complexity index is 519. The Balaban J connectivity index is 2.00. The van der Waals surface area contributed by atoms with Crippen molar-refractivity contribution >= 4 is 11.7 Å². The number of carbonyl (C=O) groups is 1. The number of amides is 1. The summed E-state index contributed by atoms with van der Waals surface area (Å²) in [5.74, 6) is 0.807. The fraction of sp³-hybridized carbons (Fsp3) is 0.333. The molecule has 1 heterocycles. The Morgan fingerprint density at radius 1 is 1.26 bits per heavy atom. The zero-order valence-corrected chi connectivity index (χ0v) is 11.2. The molecule has 0 unspecified atom stereocenters. The fourth-order valence-corrected chi connectivity index (χ4v) is 1.86. The number of benzene rings is 1. The molecule has 2 aromatic rings. The lowest BCUT2D eigenvalue weighted by Crippen LogP contribution is -2.15. The highest BCUT2D eigenvalue weighted by Gasteiger charge is 2.07. The van der Waals surface area contributed by atoms with E-state index in [9.17, 15) is 4.79 Å². The number of carbonyl (C=O) groups excluding carboxylic acids is 1. The summed E-state index contributed by atoms with van der Waals surface area (Å²) >= 11 is 0. The van der Waals surface area contributed by atoms with Crippen LogP contribution in [-0.4, -0.2) is 15.7 Å². The maximum absolute atomic E-state index is 11.7. The number of nitrogens with one attached hydrogen (secondary N) is 1. The molecule has 0 atom stereocenters. The lowest BCUT2D eigenvalue weighted by atomic mass is 10.2. The molecule has 0 aliphatic carbocycles. The highest BCUT2D eigenvalue weighted by atomic mass is 16.1. The molecule has 4 nitrogen and oxygen atoms in total. The Hall–Kier alpha value is -2.10. The van der Waals surface area contributed by atoms with E-state index in [1.165, 1.54) is 0 Å². The lowest BCUT2D eigenvalue weighted by molar-refractivity contribution is -0.116. The van der Waals surface area contributed by atoms with Gasteiger partial charge in [0.05, 0.1) is 12.7 Å². The minimum Gasteiger partial charge on any atom is -0.311 e. The zero-order chi connectivity index (χ0) is 13.5. The molecule has 0 fully saturated rings. The largest absolute Gasteiger partial charge is 0.311 e. The van der Waals surface area contributed by atoms with Crippen LogP contribution >= 0.6 is 0 Å². The quantitative estimate of drug-likeness (QED) is 0.864. The van der Waals surface area contributed by atoms with E-state index in [-0.39, 0.29) is 5.91 Å². The Morgan fingerprint density at radius 2 is 2.05 bits per heavy atom. The van der Waals surface area contributed by atoms with Crippen LogP contribution in [-0.2, 0) is 11.3 Å². The smallest absolute Gasteiger partial charge is 0.225 e. The van der Waals surface area contributed by atoms with Crippen LogP contribution in [0.5, 0.6) is 0 Å². The van der Waals surface area contributed by atoms with Gasteiger partial charge in [0.2, 0.25) is 5.91 Å². The van der Waals surface area contributed by atoms with Crippen molar-refractivity contribution in [2.24, 2.45) is 0 Å². The van der Waals surface area contributed by atoms with Gasteiger partial charge in [0, 0.05) is 12.5 Å². The number of aromatic nitrogens is 2. The summed E-state index contributed by atoms with van der Waals surface area (Å²) in [5, 5.41) is 7.15. The van der Waals surface area contributed by atoms with E-state index in [4.69, 9.17) is 0 Å². The molecule has 1 aromatic carbocycles. The summed E-state index contributed by atoms with van der Waals surface area (Å²) in [4.78, 5) is 11.7. The first-order valence-corrected chi connectivity index (χ1v) is 6.65. The molecule has 0 spiro atoms. The van der Waals surface area contributed by atoms with Crippen molar-refractivity contribution in [2.45, 2.75) is 32.7 Å². The van der Waals surface area contributed by atoms with Gasteiger partial charge in [-0.3, -0.25) is 4.79 Å². The van der Waals surface area contributed by atoms with Crippen LogP contribution in [0.3, 0.4) is 0 Å². The number of nitrogens with zero attached hydrogens (tertiary/aromatic N) is 2. The second-order valence-corrected chi connectivity index (χ2v) is 4.51. The topological polar surface area (TPSA) is 46.9 Å². The van der Waals surface area contributed by atoms with Crippen molar-refractivity contribution in [3.05, 3.63) is 48.2 Å². The highest BCUT2D eigenvalue weighted by molar-refractivity contribution is 5.89. The molecule has 19 heavy (non-hydrogen) atoms. The molecule has 0 bridgehead atoms. The molecule has 4 heteroatoms. The van der Waals surface area contributed by atoms with Crippen molar-refractivity contribution in [1.82, 2.24) is 9.78 Å².